The minimum Gasteiger partial charge on any atom is -0.324 e. The molecule has 0 amide bonds. The Bertz CT molecular complexity index is 527. The summed E-state index contributed by atoms with van der Waals surface area (Å²) < 4.78 is 1.74. The number of rotatable bonds is 3. The summed E-state index contributed by atoms with van der Waals surface area (Å²) in [5.74, 6) is 0. The van der Waals surface area contributed by atoms with Gasteiger partial charge in [0.25, 0.3) is 0 Å². The number of benzene rings is 1. The van der Waals surface area contributed by atoms with Gasteiger partial charge in [0.15, 0.2) is 0 Å². The molecule has 1 heterocycles. The van der Waals surface area contributed by atoms with E-state index >= 15 is 0 Å². The van der Waals surface area contributed by atoms with Crippen LogP contribution in [0.1, 0.15) is 16.5 Å². The van der Waals surface area contributed by atoms with Crippen LogP contribution in [0.15, 0.2) is 34.8 Å². The van der Waals surface area contributed by atoms with Crippen molar-refractivity contribution in [3.63, 3.8) is 0 Å². The third-order valence-electron chi connectivity index (χ3n) is 2.41. The van der Waals surface area contributed by atoms with E-state index in [1.54, 1.807) is 11.3 Å². The Hall–Kier alpha value is -0.0600. The number of nitrogens with two attached hydrogens (primary N) is 1. The van der Waals surface area contributed by atoms with Crippen LogP contribution in [-0.4, -0.2) is 0 Å². The van der Waals surface area contributed by atoms with Crippen LogP contribution in [0.3, 0.4) is 0 Å². The van der Waals surface area contributed by atoms with Crippen LogP contribution >= 0.6 is 50.5 Å². The summed E-state index contributed by atoms with van der Waals surface area (Å²) in [4.78, 5) is 1.18. The molecule has 0 saturated heterocycles. The Morgan fingerprint density at radius 3 is 2.59 bits per heavy atom. The second-order valence-electron chi connectivity index (χ2n) is 3.68. The lowest BCUT2D eigenvalue weighted by molar-refractivity contribution is 0.726. The SMILES string of the molecule is NC(Cc1ccc(Cl)s1)c1ccc(Cl)cc1Br. The first-order chi connectivity index (χ1) is 8.06. The summed E-state index contributed by atoms with van der Waals surface area (Å²) in [6.45, 7) is 0. The van der Waals surface area contributed by atoms with Crippen LogP contribution in [0.25, 0.3) is 0 Å². The normalized spacial score (nSPS) is 12.7. The van der Waals surface area contributed by atoms with E-state index in [0.717, 1.165) is 20.8 Å². The van der Waals surface area contributed by atoms with Gasteiger partial charge in [-0.15, -0.1) is 11.3 Å². The van der Waals surface area contributed by atoms with Gasteiger partial charge in [-0.05, 0) is 29.8 Å². The van der Waals surface area contributed by atoms with Gasteiger partial charge >= 0.3 is 0 Å². The largest absolute Gasteiger partial charge is 0.324 e. The Morgan fingerprint density at radius 2 is 2.00 bits per heavy atom. The fourth-order valence-electron chi connectivity index (χ4n) is 1.59. The van der Waals surface area contributed by atoms with E-state index < -0.39 is 0 Å². The van der Waals surface area contributed by atoms with Gasteiger partial charge < -0.3 is 5.73 Å². The van der Waals surface area contributed by atoms with Gasteiger partial charge in [-0.2, -0.15) is 0 Å². The molecule has 0 aliphatic heterocycles. The maximum absolute atomic E-state index is 6.18. The Morgan fingerprint density at radius 1 is 1.24 bits per heavy atom. The van der Waals surface area contributed by atoms with Crippen molar-refractivity contribution >= 4 is 50.5 Å². The number of halogens is 3. The van der Waals surface area contributed by atoms with Crippen LogP contribution in [0.5, 0.6) is 0 Å². The molecule has 1 nitrogen and oxygen atoms in total. The Balaban J connectivity index is 2.17. The molecule has 2 N–H and O–H groups in total. The minimum atomic E-state index is -0.0589. The minimum absolute atomic E-state index is 0.0589. The summed E-state index contributed by atoms with van der Waals surface area (Å²) in [5.41, 5.74) is 7.23. The molecule has 2 aromatic rings. The van der Waals surface area contributed by atoms with E-state index in [-0.39, 0.29) is 6.04 Å². The first-order valence-electron chi connectivity index (χ1n) is 5.01. The van der Waals surface area contributed by atoms with Gasteiger partial charge in [-0.1, -0.05) is 45.2 Å². The summed E-state index contributed by atoms with van der Waals surface area (Å²) in [6, 6.07) is 9.51. The van der Waals surface area contributed by atoms with Gasteiger partial charge in [-0.3, -0.25) is 0 Å². The molecule has 0 spiro atoms. The van der Waals surface area contributed by atoms with Gasteiger partial charge in [0.1, 0.15) is 0 Å². The molecule has 2 rings (SSSR count). The zero-order valence-corrected chi connectivity index (χ0v) is 12.7. The third kappa shape index (κ3) is 3.46. The van der Waals surface area contributed by atoms with E-state index in [2.05, 4.69) is 15.9 Å². The second-order valence-corrected chi connectivity index (χ2v) is 6.77. The number of thiophene rings is 1. The molecular formula is C12H10BrCl2NS. The molecule has 5 heteroatoms. The molecule has 0 bridgehead atoms. The molecular weight excluding hydrogens is 341 g/mol. The van der Waals surface area contributed by atoms with Gasteiger partial charge in [-0.25, -0.2) is 0 Å². The van der Waals surface area contributed by atoms with Crippen molar-refractivity contribution in [3.05, 3.63) is 54.6 Å². The molecule has 17 heavy (non-hydrogen) atoms. The fourth-order valence-corrected chi connectivity index (χ4v) is 3.71. The summed E-state index contributed by atoms with van der Waals surface area (Å²) in [7, 11) is 0. The van der Waals surface area contributed by atoms with Crippen molar-refractivity contribution in [1.29, 1.82) is 0 Å². The first kappa shape index (κ1) is 13.4. The average Bonchev–Trinajstić information content (AvgIpc) is 2.63. The van der Waals surface area contributed by atoms with Crippen LogP contribution in [-0.2, 0) is 6.42 Å². The lowest BCUT2D eigenvalue weighted by atomic mass is 10.0. The van der Waals surface area contributed by atoms with Crippen molar-refractivity contribution in [2.75, 3.05) is 0 Å². The van der Waals surface area contributed by atoms with E-state index in [0.29, 0.717) is 5.02 Å². The first-order valence-corrected chi connectivity index (χ1v) is 7.37. The lowest BCUT2D eigenvalue weighted by Gasteiger charge is -2.13. The maximum Gasteiger partial charge on any atom is 0.0931 e. The molecule has 1 aromatic heterocycles. The summed E-state index contributed by atoms with van der Waals surface area (Å²) in [6.07, 6.45) is 0.775. The van der Waals surface area contributed by atoms with Crippen molar-refractivity contribution in [2.45, 2.75) is 12.5 Å². The second kappa shape index (κ2) is 5.72. The Kier molecular flexibility index (Phi) is 4.50. The van der Waals surface area contributed by atoms with Crippen molar-refractivity contribution in [3.8, 4) is 0 Å². The molecule has 1 atom stereocenters. The summed E-state index contributed by atoms with van der Waals surface area (Å²) in [5, 5.41) is 0.701. The quantitative estimate of drug-likeness (QED) is 0.822. The topological polar surface area (TPSA) is 26.0 Å². The molecule has 0 fully saturated rings. The van der Waals surface area contributed by atoms with Crippen molar-refractivity contribution in [1.82, 2.24) is 0 Å². The standard InChI is InChI=1S/C12H10BrCl2NS/c13-10-5-7(14)1-3-9(10)11(16)6-8-2-4-12(15)17-8/h1-5,11H,6,16H2. The van der Waals surface area contributed by atoms with E-state index in [9.17, 15) is 0 Å². The zero-order valence-electron chi connectivity index (χ0n) is 8.79. The van der Waals surface area contributed by atoms with Crippen LogP contribution in [0, 0.1) is 0 Å². The molecule has 0 aliphatic carbocycles. The van der Waals surface area contributed by atoms with E-state index in [1.165, 1.54) is 4.88 Å². The smallest absolute Gasteiger partial charge is 0.0931 e. The highest BCUT2D eigenvalue weighted by atomic mass is 79.9. The highest BCUT2D eigenvalue weighted by Gasteiger charge is 2.12. The van der Waals surface area contributed by atoms with Gasteiger partial charge in [0.05, 0.1) is 4.34 Å². The van der Waals surface area contributed by atoms with Crippen molar-refractivity contribution in [2.24, 2.45) is 5.73 Å². The molecule has 0 saturated carbocycles. The highest BCUT2D eigenvalue weighted by Crippen LogP contribution is 2.30. The van der Waals surface area contributed by atoms with Crippen LogP contribution < -0.4 is 5.73 Å². The predicted molar refractivity (Wildman–Crippen MR) is 79.1 cm³/mol. The average molecular weight is 351 g/mol. The van der Waals surface area contributed by atoms with Crippen LogP contribution in [0.4, 0.5) is 0 Å². The molecule has 0 aliphatic rings. The molecule has 1 aromatic carbocycles. The highest BCUT2D eigenvalue weighted by molar-refractivity contribution is 9.10. The fraction of sp³-hybridized carbons (Fsp3) is 0.167. The van der Waals surface area contributed by atoms with Crippen molar-refractivity contribution < 1.29 is 0 Å². The molecule has 1 unspecified atom stereocenters. The molecule has 0 radical (unpaired) electrons. The lowest BCUT2D eigenvalue weighted by Crippen LogP contribution is -2.13. The maximum atomic E-state index is 6.18. The zero-order chi connectivity index (χ0) is 12.4. The van der Waals surface area contributed by atoms with E-state index in [4.69, 9.17) is 28.9 Å². The van der Waals surface area contributed by atoms with E-state index in [1.807, 2.05) is 30.3 Å². The predicted octanol–water partition coefficient (Wildman–Crippen LogP) is 5.06. The Labute approximate surface area is 123 Å². The third-order valence-corrected chi connectivity index (χ3v) is 4.59. The number of hydrogen-bond acceptors (Lipinski definition) is 2. The van der Waals surface area contributed by atoms with Gasteiger partial charge in [0, 0.05) is 26.8 Å². The molecule has 90 valence electrons. The van der Waals surface area contributed by atoms with Crippen LogP contribution in [0.2, 0.25) is 9.36 Å². The number of hydrogen-bond donors (Lipinski definition) is 1. The summed E-state index contributed by atoms with van der Waals surface area (Å²) >= 11 is 16.8. The monoisotopic (exact) mass is 349 g/mol. The van der Waals surface area contributed by atoms with Gasteiger partial charge in [0.2, 0.25) is 0 Å².